The number of esters is 1. The number of unbranched alkanes of at least 4 members (excludes halogenated alkanes) is 1. The molecule has 3 fully saturated rings. The number of likely N-dealkylation sites (tertiary alicyclic amines) is 1. The van der Waals surface area contributed by atoms with Gasteiger partial charge >= 0.3 is 5.97 Å². The Bertz CT molecular complexity index is 957. The van der Waals surface area contributed by atoms with Crippen molar-refractivity contribution in [2.75, 3.05) is 25.1 Å². The van der Waals surface area contributed by atoms with Crippen LogP contribution in [-0.2, 0) is 23.9 Å². The van der Waals surface area contributed by atoms with Crippen LogP contribution in [-0.4, -0.2) is 64.8 Å². The van der Waals surface area contributed by atoms with Crippen LogP contribution in [0.15, 0.2) is 24.3 Å². The molecule has 2 bridgehead atoms. The van der Waals surface area contributed by atoms with Gasteiger partial charge < -0.3 is 24.8 Å². The molecule has 3 saturated heterocycles. The number of halogens is 1. The molecule has 8 nitrogen and oxygen atoms in total. The monoisotopic (exact) mass is 478 g/mol. The molecule has 2 N–H and O–H groups in total. The summed E-state index contributed by atoms with van der Waals surface area (Å²) in [4.78, 5) is 42.0. The predicted molar refractivity (Wildman–Crippen MR) is 122 cm³/mol. The van der Waals surface area contributed by atoms with Crippen molar-refractivity contribution in [3.05, 3.63) is 29.3 Å². The summed E-state index contributed by atoms with van der Waals surface area (Å²) in [5.74, 6) is -2.77. The molecule has 0 aliphatic carbocycles. The van der Waals surface area contributed by atoms with Crippen molar-refractivity contribution in [3.8, 4) is 0 Å². The van der Waals surface area contributed by atoms with Crippen molar-refractivity contribution in [1.29, 1.82) is 0 Å². The topological polar surface area (TPSA) is 105 Å². The van der Waals surface area contributed by atoms with Crippen molar-refractivity contribution >= 4 is 35.1 Å². The van der Waals surface area contributed by atoms with E-state index in [1.165, 1.54) is 4.90 Å². The Morgan fingerprint density at radius 2 is 2.06 bits per heavy atom. The number of fused-ring (bicyclic) bond motifs is 1. The maximum Gasteiger partial charge on any atom is 0.312 e. The Hall–Kier alpha value is -2.16. The van der Waals surface area contributed by atoms with E-state index < -0.39 is 41.0 Å². The van der Waals surface area contributed by atoms with E-state index in [2.05, 4.69) is 5.32 Å². The Balaban J connectivity index is 1.74. The lowest BCUT2D eigenvalue weighted by Gasteiger charge is -2.35. The lowest BCUT2D eigenvalue weighted by atomic mass is 9.62. The molecular weight excluding hydrogens is 448 g/mol. The van der Waals surface area contributed by atoms with Gasteiger partial charge in [-0.2, -0.15) is 0 Å². The van der Waals surface area contributed by atoms with Crippen LogP contribution in [0.5, 0.6) is 0 Å². The lowest BCUT2D eigenvalue weighted by molar-refractivity contribution is -0.160. The fraction of sp³-hybridized carbons (Fsp3) is 0.625. The first-order chi connectivity index (χ1) is 15.7. The van der Waals surface area contributed by atoms with Crippen LogP contribution in [0.3, 0.4) is 0 Å². The number of rotatable bonds is 8. The van der Waals surface area contributed by atoms with Crippen LogP contribution >= 0.6 is 11.6 Å². The summed E-state index contributed by atoms with van der Waals surface area (Å²) in [6, 6.07) is 5.98. The minimum Gasteiger partial charge on any atom is -0.466 e. The van der Waals surface area contributed by atoms with Gasteiger partial charge in [-0.25, -0.2) is 0 Å². The molecule has 3 heterocycles. The Morgan fingerprint density at radius 1 is 1.33 bits per heavy atom. The van der Waals surface area contributed by atoms with Gasteiger partial charge in [-0.3, -0.25) is 14.4 Å². The van der Waals surface area contributed by atoms with Crippen LogP contribution in [0.1, 0.15) is 40.0 Å². The summed E-state index contributed by atoms with van der Waals surface area (Å²) in [6.45, 7) is 6.03. The number of carbonyl (C=O) groups excluding carboxylic acids is 3. The largest absolute Gasteiger partial charge is 0.466 e. The number of amides is 2. The van der Waals surface area contributed by atoms with E-state index in [1.54, 1.807) is 31.2 Å². The Morgan fingerprint density at radius 3 is 2.73 bits per heavy atom. The molecule has 0 aromatic heterocycles. The normalized spacial score (nSPS) is 34.5. The number of aliphatic hydroxyl groups is 1. The highest BCUT2D eigenvalue weighted by Crippen LogP contribution is 2.65. The number of benzene rings is 1. The third-order valence-electron chi connectivity index (χ3n) is 7.54. The zero-order chi connectivity index (χ0) is 24.0. The van der Waals surface area contributed by atoms with E-state index >= 15 is 0 Å². The minimum absolute atomic E-state index is 0.00978. The maximum absolute atomic E-state index is 13.7. The number of aliphatic hydroxyl groups excluding tert-OH is 1. The van der Waals surface area contributed by atoms with Gasteiger partial charge in [-0.05, 0) is 51.2 Å². The van der Waals surface area contributed by atoms with Crippen LogP contribution in [0.4, 0.5) is 5.69 Å². The van der Waals surface area contributed by atoms with Crippen LogP contribution < -0.4 is 5.32 Å². The predicted octanol–water partition coefficient (Wildman–Crippen LogP) is 2.62. The van der Waals surface area contributed by atoms with Gasteiger partial charge in [0, 0.05) is 13.2 Å². The van der Waals surface area contributed by atoms with Gasteiger partial charge in [-0.15, -0.1) is 0 Å². The first-order valence-electron chi connectivity index (χ1n) is 11.5. The summed E-state index contributed by atoms with van der Waals surface area (Å²) in [5.41, 5.74) is -1.58. The molecule has 1 spiro atoms. The molecule has 6 atom stereocenters. The minimum atomic E-state index is -1.13. The summed E-state index contributed by atoms with van der Waals surface area (Å²) >= 11 is 6.26. The van der Waals surface area contributed by atoms with Crippen molar-refractivity contribution in [2.45, 2.75) is 57.3 Å². The number of ether oxygens (including phenoxy) is 2. The summed E-state index contributed by atoms with van der Waals surface area (Å²) in [6.07, 6.45) is 1.50. The molecule has 4 rings (SSSR count). The molecule has 180 valence electrons. The molecule has 3 aliphatic rings. The van der Waals surface area contributed by atoms with Crippen LogP contribution in [0.25, 0.3) is 0 Å². The van der Waals surface area contributed by atoms with Gasteiger partial charge in [-0.1, -0.05) is 30.7 Å². The van der Waals surface area contributed by atoms with E-state index in [-0.39, 0.29) is 31.6 Å². The fourth-order valence-electron chi connectivity index (χ4n) is 6.03. The highest BCUT2D eigenvalue weighted by molar-refractivity contribution is 6.33. The number of nitrogens with one attached hydrogen (secondary N) is 1. The summed E-state index contributed by atoms with van der Waals surface area (Å²) in [5, 5.41) is 12.5. The first-order valence-corrected chi connectivity index (χ1v) is 11.9. The van der Waals surface area contributed by atoms with Crippen molar-refractivity contribution in [2.24, 2.45) is 17.8 Å². The van der Waals surface area contributed by atoms with E-state index in [4.69, 9.17) is 21.1 Å². The van der Waals surface area contributed by atoms with Crippen molar-refractivity contribution in [3.63, 3.8) is 0 Å². The molecule has 3 aliphatic heterocycles. The van der Waals surface area contributed by atoms with E-state index in [9.17, 15) is 19.5 Å². The number of hydrogen-bond donors (Lipinski definition) is 2. The number of nitrogens with zero attached hydrogens (tertiary/aromatic N) is 1. The number of carbonyl (C=O) groups is 3. The number of hydrogen-bond acceptors (Lipinski definition) is 6. The smallest absolute Gasteiger partial charge is 0.312 e. The van der Waals surface area contributed by atoms with E-state index in [1.807, 2.05) is 13.8 Å². The average Bonchev–Trinajstić information content (AvgIpc) is 3.27. The van der Waals surface area contributed by atoms with Crippen LogP contribution in [0.2, 0.25) is 5.02 Å². The van der Waals surface area contributed by atoms with Crippen molar-refractivity contribution in [1.82, 2.24) is 4.90 Å². The average molecular weight is 479 g/mol. The molecule has 2 amide bonds. The molecule has 1 aromatic carbocycles. The highest BCUT2D eigenvalue weighted by atomic mass is 35.5. The molecule has 0 radical (unpaired) electrons. The van der Waals surface area contributed by atoms with E-state index in [0.717, 1.165) is 0 Å². The highest BCUT2D eigenvalue weighted by Gasteiger charge is 2.80. The molecule has 0 saturated carbocycles. The van der Waals surface area contributed by atoms with Crippen molar-refractivity contribution < 1.29 is 29.0 Å². The Labute approximate surface area is 198 Å². The first kappa shape index (κ1) is 24.0. The molecule has 1 aromatic rings. The van der Waals surface area contributed by atoms with Gasteiger partial charge in [0.2, 0.25) is 11.8 Å². The van der Waals surface area contributed by atoms with Gasteiger partial charge in [0.05, 0.1) is 28.8 Å². The quantitative estimate of drug-likeness (QED) is 0.439. The van der Waals surface area contributed by atoms with Gasteiger partial charge in [0.15, 0.2) is 0 Å². The SMILES string of the molecule is CCOC(=O)[C@@H]1[C@H]2C(=O)N(CCCCO)C(C(=O)Nc3ccccc3Cl)C23CC(C)[C@@]1(C)O3. The van der Waals surface area contributed by atoms with Gasteiger partial charge in [0.25, 0.3) is 0 Å². The summed E-state index contributed by atoms with van der Waals surface area (Å²) < 4.78 is 11.9. The standard InChI is InChI=1S/C24H31ClN2O6/c1-4-32-22(31)18-17-21(30)27(11-7-8-12-28)19(24(17)13-14(2)23(18,3)33-24)20(29)26-16-10-6-5-9-15(16)25/h5-6,9-10,14,17-19,28H,4,7-8,11-13H2,1-3H3,(H,26,29)/t14?,17-,18-,19?,23+,24?/m0/s1. The molecule has 9 heteroatoms. The fourth-order valence-corrected chi connectivity index (χ4v) is 6.21. The van der Waals surface area contributed by atoms with Gasteiger partial charge in [0.1, 0.15) is 17.6 Å². The second kappa shape index (κ2) is 8.89. The zero-order valence-corrected chi connectivity index (χ0v) is 19.9. The zero-order valence-electron chi connectivity index (χ0n) is 19.2. The number of anilines is 1. The third kappa shape index (κ3) is 3.63. The second-order valence-electron chi connectivity index (χ2n) is 9.39. The Kier molecular flexibility index (Phi) is 6.46. The number of para-hydroxylation sites is 1. The molecule has 33 heavy (non-hydrogen) atoms. The van der Waals surface area contributed by atoms with Crippen LogP contribution in [0, 0.1) is 17.8 Å². The molecule has 3 unspecified atom stereocenters. The maximum atomic E-state index is 13.7. The van der Waals surface area contributed by atoms with E-state index in [0.29, 0.717) is 30.0 Å². The molecular formula is C24H31ClN2O6. The second-order valence-corrected chi connectivity index (χ2v) is 9.79. The lowest BCUT2D eigenvalue weighted by Crippen LogP contribution is -2.54. The third-order valence-corrected chi connectivity index (χ3v) is 7.87. The summed E-state index contributed by atoms with van der Waals surface area (Å²) in [7, 11) is 0.